The van der Waals surface area contributed by atoms with Crippen molar-refractivity contribution < 1.29 is 4.79 Å². The molecular formula is C11H17N3O. The molecule has 1 amide bonds. The highest BCUT2D eigenvalue weighted by atomic mass is 16.1. The number of unbranched alkanes of at least 4 members (excludes halogenated alkanes) is 1. The smallest absolute Gasteiger partial charge is 0.217 e. The van der Waals surface area contributed by atoms with Gasteiger partial charge in [0.25, 0.3) is 0 Å². The lowest BCUT2D eigenvalue weighted by atomic mass is 10.2. The number of primary amides is 1. The van der Waals surface area contributed by atoms with Gasteiger partial charge < -0.3 is 11.1 Å². The number of carbonyl (C=O) groups excluding carboxylic acids is 1. The topological polar surface area (TPSA) is 68.0 Å². The van der Waals surface area contributed by atoms with E-state index in [1.165, 1.54) is 5.56 Å². The number of nitrogens with two attached hydrogens (primary N) is 1. The summed E-state index contributed by atoms with van der Waals surface area (Å²) in [7, 11) is 0. The van der Waals surface area contributed by atoms with Gasteiger partial charge in [-0.05, 0) is 31.0 Å². The molecule has 1 rings (SSSR count). The highest BCUT2D eigenvalue weighted by Gasteiger charge is 1.94. The first-order chi connectivity index (χ1) is 7.29. The van der Waals surface area contributed by atoms with Gasteiger partial charge in [0.05, 0.1) is 0 Å². The summed E-state index contributed by atoms with van der Waals surface area (Å²) in [5, 5.41) is 3.28. The Bertz CT molecular complexity index is 287. The molecule has 0 aliphatic carbocycles. The van der Waals surface area contributed by atoms with Crippen molar-refractivity contribution in [2.24, 2.45) is 5.73 Å². The van der Waals surface area contributed by atoms with Crippen molar-refractivity contribution in [3.63, 3.8) is 0 Å². The van der Waals surface area contributed by atoms with Crippen LogP contribution >= 0.6 is 0 Å². The van der Waals surface area contributed by atoms with Crippen molar-refractivity contribution in [1.29, 1.82) is 0 Å². The quantitative estimate of drug-likeness (QED) is 0.651. The number of hydrogen-bond acceptors (Lipinski definition) is 3. The second-order valence-electron chi connectivity index (χ2n) is 3.46. The lowest BCUT2D eigenvalue weighted by molar-refractivity contribution is -0.118. The maximum absolute atomic E-state index is 10.4. The summed E-state index contributed by atoms with van der Waals surface area (Å²) >= 11 is 0. The number of amides is 1. The first kappa shape index (κ1) is 11.7. The van der Waals surface area contributed by atoms with Crippen molar-refractivity contribution in [2.45, 2.75) is 25.8 Å². The van der Waals surface area contributed by atoms with Crippen LogP contribution in [0.1, 0.15) is 24.8 Å². The van der Waals surface area contributed by atoms with Crippen LogP contribution in [0.5, 0.6) is 0 Å². The normalized spacial score (nSPS) is 10.1. The maximum atomic E-state index is 10.4. The minimum absolute atomic E-state index is 0.220. The zero-order valence-electron chi connectivity index (χ0n) is 8.78. The number of pyridine rings is 1. The maximum Gasteiger partial charge on any atom is 0.217 e. The number of carbonyl (C=O) groups is 1. The van der Waals surface area contributed by atoms with E-state index in [0.717, 1.165) is 25.9 Å². The summed E-state index contributed by atoms with van der Waals surface area (Å²) in [6.07, 6.45) is 5.92. The predicted octanol–water partition coefficient (Wildman–Crippen LogP) is 0.827. The van der Waals surface area contributed by atoms with E-state index < -0.39 is 0 Å². The Labute approximate surface area is 89.9 Å². The molecule has 0 aliphatic rings. The third-order valence-electron chi connectivity index (χ3n) is 2.08. The average molecular weight is 207 g/mol. The molecule has 0 spiro atoms. The molecule has 3 N–H and O–H groups in total. The van der Waals surface area contributed by atoms with Gasteiger partial charge in [0.2, 0.25) is 5.91 Å². The fourth-order valence-electron chi connectivity index (χ4n) is 1.28. The van der Waals surface area contributed by atoms with Crippen molar-refractivity contribution in [1.82, 2.24) is 10.3 Å². The minimum atomic E-state index is -0.220. The van der Waals surface area contributed by atoms with Crippen LogP contribution in [-0.4, -0.2) is 17.4 Å². The number of aromatic nitrogens is 1. The van der Waals surface area contributed by atoms with Gasteiger partial charge in [-0.2, -0.15) is 0 Å². The number of hydrogen-bond donors (Lipinski definition) is 2. The zero-order valence-corrected chi connectivity index (χ0v) is 8.78. The molecule has 0 aliphatic heterocycles. The van der Waals surface area contributed by atoms with E-state index in [1.54, 1.807) is 6.20 Å². The Morgan fingerprint density at radius 1 is 1.47 bits per heavy atom. The molecule has 4 nitrogen and oxygen atoms in total. The van der Waals surface area contributed by atoms with Crippen LogP contribution in [-0.2, 0) is 11.3 Å². The van der Waals surface area contributed by atoms with E-state index in [-0.39, 0.29) is 5.91 Å². The summed E-state index contributed by atoms with van der Waals surface area (Å²) in [5.74, 6) is -0.220. The average Bonchev–Trinajstić information content (AvgIpc) is 2.24. The van der Waals surface area contributed by atoms with Gasteiger partial charge in [-0.3, -0.25) is 9.78 Å². The lowest BCUT2D eigenvalue weighted by Gasteiger charge is -2.03. The molecule has 4 heteroatoms. The summed E-state index contributed by atoms with van der Waals surface area (Å²) in [5.41, 5.74) is 6.20. The van der Waals surface area contributed by atoms with Crippen molar-refractivity contribution in [3.05, 3.63) is 30.1 Å². The Morgan fingerprint density at radius 2 is 2.33 bits per heavy atom. The van der Waals surface area contributed by atoms with Crippen molar-refractivity contribution in [2.75, 3.05) is 6.54 Å². The van der Waals surface area contributed by atoms with Gasteiger partial charge in [0.1, 0.15) is 0 Å². The summed E-state index contributed by atoms with van der Waals surface area (Å²) in [6.45, 7) is 1.73. The van der Waals surface area contributed by atoms with E-state index in [0.29, 0.717) is 6.42 Å². The van der Waals surface area contributed by atoms with Crippen molar-refractivity contribution >= 4 is 5.91 Å². The van der Waals surface area contributed by atoms with E-state index in [2.05, 4.69) is 10.3 Å². The lowest BCUT2D eigenvalue weighted by Crippen LogP contribution is -2.16. The zero-order chi connectivity index (χ0) is 10.9. The second kappa shape index (κ2) is 6.95. The highest BCUT2D eigenvalue weighted by molar-refractivity contribution is 5.73. The third kappa shape index (κ3) is 5.80. The van der Waals surface area contributed by atoms with E-state index in [1.807, 2.05) is 18.3 Å². The molecule has 0 aromatic carbocycles. The van der Waals surface area contributed by atoms with Gasteiger partial charge >= 0.3 is 0 Å². The van der Waals surface area contributed by atoms with Gasteiger partial charge in [0.15, 0.2) is 0 Å². The summed E-state index contributed by atoms with van der Waals surface area (Å²) in [6, 6.07) is 3.95. The first-order valence-electron chi connectivity index (χ1n) is 5.17. The fourth-order valence-corrected chi connectivity index (χ4v) is 1.28. The molecule has 1 heterocycles. The molecule has 0 unspecified atom stereocenters. The van der Waals surface area contributed by atoms with Crippen LogP contribution in [0.4, 0.5) is 0 Å². The van der Waals surface area contributed by atoms with E-state index in [4.69, 9.17) is 5.73 Å². The molecule has 0 atom stereocenters. The Hall–Kier alpha value is -1.42. The third-order valence-corrected chi connectivity index (χ3v) is 2.08. The van der Waals surface area contributed by atoms with Crippen LogP contribution in [0.25, 0.3) is 0 Å². The van der Waals surface area contributed by atoms with Gasteiger partial charge in [-0.25, -0.2) is 0 Å². The Morgan fingerprint density at radius 3 is 3.00 bits per heavy atom. The highest BCUT2D eigenvalue weighted by Crippen LogP contribution is 1.96. The molecule has 0 radical (unpaired) electrons. The molecule has 0 bridgehead atoms. The van der Waals surface area contributed by atoms with Gasteiger partial charge in [-0.1, -0.05) is 6.07 Å². The molecule has 1 aromatic heterocycles. The number of rotatable bonds is 7. The van der Waals surface area contributed by atoms with Crippen LogP contribution in [0.2, 0.25) is 0 Å². The van der Waals surface area contributed by atoms with Crippen LogP contribution in [0, 0.1) is 0 Å². The Balaban J connectivity index is 2.00. The van der Waals surface area contributed by atoms with E-state index in [9.17, 15) is 4.79 Å². The first-order valence-corrected chi connectivity index (χ1v) is 5.17. The molecule has 0 fully saturated rings. The Kier molecular flexibility index (Phi) is 5.40. The van der Waals surface area contributed by atoms with E-state index >= 15 is 0 Å². The van der Waals surface area contributed by atoms with Gasteiger partial charge in [-0.15, -0.1) is 0 Å². The summed E-state index contributed by atoms with van der Waals surface area (Å²) < 4.78 is 0. The number of nitrogens with one attached hydrogen (secondary N) is 1. The largest absolute Gasteiger partial charge is 0.370 e. The second-order valence-corrected chi connectivity index (χ2v) is 3.46. The fraction of sp³-hybridized carbons (Fsp3) is 0.455. The number of nitrogens with zero attached hydrogens (tertiary/aromatic N) is 1. The van der Waals surface area contributed by atoms with Crippen LogP contribution in [0.3, 0.4) is 0 Å². The van der Waals surface area contributed by atoms with Gasteiger partial charge in [0, 0.05) is 25.4 Å². The molecule has 0 saturated carbocycles. The SMILES string of the molecule is NC(=O)CCCCNCc1cccnc1. The molecule has 15 heavy (non-hydrogen) atoms. The monoisotopic (exact) mass is 207 g/mol. The molecule has 82 valence electrons. The molecule has 1 aromatic rings. The van der Waals surface area contributed by atoms with Crippen molar-refractivity contribution in [3.8, 4) is 0 Å². The minimum Gasteiger partial charge on any atom is -0.370 e. The van der Waals surface area contributed by atoms with Crippen LogP contribution in [0.15, 0.2) is 24.5 Å². The standard InChI is InChI=1S/C11H17N3O/c12-11(15)5-1-2-6-13-8-10-4-3-7-14-9-10/h3-4,7,9,13H,1-2,5-6,8H2,(H2,12,15). The predicted molar refractivity (Wildman–Crippen MR) is 59.0 cm³/mol. The van der Waals surface area contributed by atoms with Crippen LogP contribution < -0.4 is 11.1 Å². The molecule has 0 saturated heterocycles. The molecular weight excluding hydrogens is 190 g/mol. The summed E-state index contributed by atoms with van der Waals surface area (Å²) in [4.78, 5) is 14.5.